The highest BCUT2D eigenvalue weighted by atomic mass is 19.4. The maximum Gasteiger partial charge on any atom is 0.416 e. The van der Waals surface area contributed by atoms with Gasteiger partial charge in [0, 0.05) is 31.5 Å². The maximum atomic E-state index is 12.7. The van der Waals surface area contributed by atoms with Gasteiger partial charge >= 0.3 is 6.18 Å². The van der Waals surface area contributed by atoms with Crippen molar-refractivity contribution in [3.63, 3.8) is 0 Å². The fourth-order valence-corrected chi connectivity index (χ4v) is 2.04. The maximum absolute atomic E-state index is 12.7. The molecule has 2 rings (SSSR count). The van der Waals surface area contributed by atoms with E-state index in [1.54, 1.807) is 6.07 Å². The van der Waals surface area contributed by atoms with Gasteiger partial charge < -0.3 is 9.88 Å². The molecule has 2 nitrogen and oxygen atoms in total. The summed E-state index contributed by atoms with van der Waals surface area (Å²) in [6.07, 6.45) is -2.36. The number of nitrogens with zero attached hydrogens (tertiary/aromatic N) is 1. The predicted octanol–water partition coefficient (Wildman–Crippen LogP) is 3.89. The van der Waals surface area contributed by atoms with E-state index < -0.39 is 11.7 Å². The lowest BCUT2D eigenvalue weighted by atomic mass is 10.0. The standard InChI is InChI=1S/C15H17F3N2/c1-11(19-10-14-7-4-8-20(14)2)12-5-3-6-13(9-12)15(16,17)18/h3-9,11,19H,10H2,1-2H3. The van der Waals surface area contributed by atoms with E-state index in [2.05, 4.69) is 5.32 Å². The van der Waals surface area contributed by atoms with Gasteiger partial charge in [-0.05, 0) is 36.8 Å². The van der Waals surface area contributed by atoms with Crippen LogP contribution in [0.2, 0.25) is 0 Å². The molecule has 20 heavy (non-hydrogen) atoms. The highest BCUT2D eigenvalue weighted by Crippen LogP contribution is 2.30. The summed E-state index contributed by atoms with van der Waals surface area (Å²) in [5, 5.41) is 3.23. The Bertz CT molecular complexity index is 572. The molecular weight excluding hydrogens is 265 g/mol. The van der Waals surface area contributed by atoms with Gasteiger partial charge in [-0.15, -0.1) is 0 Å². The van der Waals surface area contributed by atoms with Gasteiger partial charge in [0.05, 0.1) is 5.56 Å². The second-order valence-electron chi connectivity index (χ2n) is 4.84. The van der Waals surface area contributed by atoms with Crippen LogP contribution in [-0.4, -0.2) is 4.57 Å². The molecule has 0 spiro atoms. The van der Waals surface area contributed by atoms with Crippen molar-refractivity contribution < 1.29 is 13.2 Å². The molecular formula is C15H17F3N2. The summed E-state index contributed by atoms with van der Waals surface area (Å²) in [6, 6.07) is 9.21. The number of halogens is 3. The number of alkyl halides is 3. The molecule has 5 heteroatoms. The highest BCUT2D eigenvalue weighted by molar-refractivity contribution is 5.27. The Morgan fingerprint density at radius 3 is 2.55 bits per heavy atom. The van der Waals surface area contributed by atoms with Crippen molar-refractivity contribution >= 4 is 0 Å². The summed E-state index contributed by atoms with van der Waals surface area (Å²) in [7, 11) is 1.94. The zero-order valence-corrected chi connectivity index (χ0v) is 11.4. The SMILES string of the molecule is CC(NCc1cccn1C)c1cccc(C(F)(F)F)c1. The number of hydrogen-bond acceptors (Lipinski definition) is 1. The van der Waals surface area contributed by atoms with E-state index >= 15 is 0 Å². The van der Waals surface area contributed by atoms with E-state index in [1.807, 2.05) is 36.9 Å². The second kappa shape index (κ2) is 5.71. The molecule has 0 bridgehead atoms. The van der Waals surface area contributed by atoms with E-state index in [0.29, 0.717) is 12.1 Å². The van der Waals surface area contributed by atoms with Crippen LogP contribution in [0.4, 0.5) is 13.2 Å². The zero-order valence-electron chi connectivity index (χ0n) is 11.4. The molecule has 0 amide bonds. The van der Waals surface area contributed by atoms with Crippen molar-refractivity contribution in [3.8, 4) is 0 Å². The molecule has 0 aliphatic rings. The monoisotopic (exact) mass is 282 g/mol. The van der Waals surface area contributed by atoms with Crippen LogP contribution >= 0.6 is 0 Å². The molecule has 0 saturated carbocycles. The third-order valence-electron chi connectivity index (χ3n) is 3.35. The molecule has 1 atom stereocenters. The first-order chi connectivity index (χ1) is 9.38. The summed E-state index contributed by atoms with van der Waals surface area (Å²) in [5.41, 5.74) is 1.11. The summed E-state index contributed by atoms with van der Waals surface area (Å²) in [6.45, 7) is 2.47. The summed E-state index contributed by atoms with van der Waals surface area (Å²) in [5.74, 6) is 0. The summed E-state index contributed by atoms with van der Waals surface area (Å²) < 4.78 is 40.0. The quantitative estimate of drug-likeness (QED) is 0.900. The van der Waals surface area contributed by atoms with Crippen molar-refractivity contribution in [1.82, 2.24) is 9.88 Å². The summed E-state index contributed by atoms with van der Waals surface area (Å²) in [4.78, 5) is 0. The van der Waals surface area contributed by atoms with Gasteiger partial charge in [-0.3, -0.25) is 0 Å². The van der Waals surface area contributed by atoms with E-state index in [1.165, 1.54) is 12.1 Å². The van der Waals surface area contributed by atoms with Crippen LogP contribution in [0, 0.1) is 0 Å². The molecule has 0 radical (unpaired) electrons. The first-order valence-electron chi connectivity index (χ1n) is 6.38. The minimum Gasteiger partial charge on any atom is -0.353 e. The molecule has 0 aliphatic carbocycles. The van der Waals surface area contributed by atoms with Crippen LogP contribution in [0.5, 0.6) is 0 Å². The third kappa shape index (κ3) is 3.42. The van der Waals surface area contributed by atoms with Gasteiger partial charge in [0.15, 0.2) is 0 Å². The van der Waals surface area contributed by atoms with E-state index in [4.69, 9.17) is 0 Å². The van der Waals surface area contributed by atoms with Crippen molar-refractivity contribution in [1.29, 1.82) is 0 Å². The molecule has 1 aromatic carbocycles. The van der Waals surface area contributed by atoms with Crippen LogP contribution in [0.25, 0.3) is 0 Å². The van der Waals surface area contributed by atoms with Gasteiger partial charge in [0.1, 0.15) is 0 Å². The first kappa shape index (κ1) is 14.7. The molecule has 1 aromatic heterocycles. The molecule has 1 unspecified atom stereocenters. The van der Waals surface area contributed by atoms with Gasteiger partial charge in [0.25, 0.3) is 0 Å². The third-order valence-corrected chi connectivity index (χ3v) is 3.35. The van der Waals surface area contributed by atoms with Crippen LogP contribution in [-0.2, 0) is 19.8 Å². The van der Waals surface area contributed by atoms with E-state index in [0.717, 1.165) is 11.8 Å². The summed E-state index contributed by atoms with van der Waals surface area (Å²) >= 11 is 0. The van der Waals surface area contributed by atoms with Crippen molar-refractivity contribution in [3.05, 3.63) is 59.4 Å². The average molecular weight is 282 g/mol. The Balaban J connectivity index is 2.06. The zero-order chi connectivity index (χ0) is 14.8. The smallest absolute Gasteiger partial charge is 0.353 e. The normalized spacial score (nSPS) is 13.4. The fourth-order valence-electron chi connectivity index (χ4n) is 2.04. The topological polar surface area (TPSA) is 17.0 Å². The molecule has 0 saturated heterocycles. The number of aromatic nitrogens is 1. The van der Waals surface area contributed by atoms with Crippen molar-refractivity contribution in [2.24, 2.45) is 7.05 Å². The second-order valence-corrected chi connectivity index (χ2v) is 4.84. The Morgan fingerprint density at radius 1 is 1.20 bits per heavy atom. The van der Waals surface area contributed by atoms with Crippen molar-refractivity contribution in [2.45, 2.75) is 25.7 Å². The number of nitrogens with one attached hydrogen (secondary N) is 1. The van der Waals surface area contributed by atoms with Gasteiger partial charge in [0.2, 0.25) is 0 Å². The fraction of sp³-hybridized carbons (Fsp3) is 0.333. The Kier molecular flexibility index (Phi) is 4.18. The lowest BCUT2D eigenvalue weighted by molar-refractivity contribution is -0.137. The lowest BCUT2D eigenvalue weighted by Crippen LogP contribution is -2.20. The predicted molar refractivity (Wildman–Crippen MR) is 72.1 cm³/mol. The molecule has 1 N–H and O–H groups in total. The number of hydrogen-bond donors (Lipinski definition) is 1. The lowest BCUT2D eigenvalue weighted by Gasteiger charge is -2.16. The largest absolute Gasteiger partial charge is 0.416 e. The van der Waals surface area contributed by atoms with Crippen LogP contribution in [0.3, 0.4) is 0 Å². The average Bonchev–Trinajstić information content (AvgIpc) is 2.81. The van der Waals surface area contributed by atoms with Gasteiger partial charge in [-0.25, -0.2) is 0 Å². The van der Waals surface area contributed by atoms with E-state index in [-0.39, 0.29) is 6.04 Å². The van der Waals surface area contributed by atoms with E-state index in [9.17, 15) is 13.2 Å². The van der Waals surface area contributed by atoms with Crippen LogP contribution in [0.15, 0.2) is 42.6 Å². The Hall–Kier alpha value is -1.75. The minimum absolute atomic E-state index is 0.146. The number of aryl methyl sites for hydroxylation is 1. The Labute approximate surface area is 116 Å². The molecule has 0 fully saturated rings. The molecule has 108 valence electrons. The highest BCUT2D eigenvalue weighted by Gasteiger charge is 2.30. The van der Waals surface area contributed by atoms with Gasteiger partial charge in [-0.2, -0.15) is 13.2 Å². The molecule has 2 aromatic rings. The number of rotatable bonds is 4. The van der Waals surface area contributed by atoms with Crippen LogP contribution < -0.4 is 5.32 Å². The van der Waals surface area contributed by atoms with Crippen molar-refractivity contribution in [2.75, 3.05) is 0 Å². The minimum atomic E-state index is -4.30. The van der Waals surface area contributed by atoms with Gasteiger partial charge in [-0.1, -0.05) is 12.1 Å². The molecule has 0 aliphatic heterocycles. The Morgan fingerprint density at radius 2 is 1.95 bits per heavy atom. The first-order valence-corrected chi connectivity index (χ1v) is 6.38. The molecule has 1 heterocycles. The number of benzene rings is 1. The van der Waals surface area contributed by atoms with Crippen LogP contribution in [0.1, 0.15) is 29.8 Å².